The molecule has 4 N–H and O–H groups in total. The van der Waals surface area contributed by atoms with Crippen molar-refractivity contribution in [2.75, 3.05) is 44.6 Å². The van der Waals surface area contributed by atoms with Gasteiger partial charge in [0, 0.05) is 44.8 Å². The quantitative estimate of drug-likeness (QED) is 0.545. The summed E-state index contributed by atoms with van der Waals surface area (Å²) >= 11 is 0. The fraction of sp³-hybridized carbons (Fsp3) is 0.571. The summed E-state index contributed by atoms with van der Waals surface area (Å²) in [6.45, 7) is 7.57. The Labute approximate surface area is 172 Å². The van der Waals surface area contributed by atoms with Crippen LogP contribution >= 0.6 is 0 Å². The number of para-hydroxylation sites is 1. The number of nitrogens with zero attached hydrogens (tertiary/aromatic N) is 2. The van der Waals surface area contributed by atoms with Crippen molar-refractivity contribution in [1.82, 2.24) is 15.1 Å². The molecule has 0 aromatic heterocycles. The summed E-state index contributed by atoms with van der Waals surface area (Å²) in [5.74, 6) is 0.138. The fourth-order valence-corrected chi connectivity index (χ4v) is 3.50. The van der Waals surface area contributed by atoms with Gasteiger partial charge in [-0.2, -0.15) is 0 Å². The summed E-state index contributed by atoms with van der Waals surface area (Å²) in [5.41, 5.74) is 8.00. The molecule has 0 unspecified atom stereocenters. The molecule has 0 bridgehead atoms. The summed E-state index contributed by atoms with van der Waals surface area (Å²) in [6.07, 6.45) is 3.02. The lowest BCUT2D eigenvalue weighted by molar-refractivity contribution is -0.133. The van der Waals surface area contributed by atoms with Crippen molar-refractivity contribution in [3.8, 4) is 0 Å². The van der Waals surface area contributed by atoms with Crippen LogP contribution in [0.2, 0.25) is 0 Å². The molecule has 1 saturated heterocycles. The molecule has 1 heterocycles. The van der Waals surface area contributed by atoms with E-state index in [2.05, 4.69) is 15.5 Å². The highest BCUT2D eigenvalue weighted by atomic mass is 16.2. The Morgan fingerprint density at radius 3 is 2.28 bits per heavy atom. The molecule has 29 heavy (non-hydrogen) atoms. The molecule has 0 saturated carbocycles. The number of carbonyl (C=O) groups excluding carboxylic acids is 3. The van der Waals surface area contributed by atoms with Gasteiger partial charge in [0.25, 0.3) is 0 Å². The van der Waals surface area contributed by atoms with Crippen LogP contribution in [0.4, 0.5) is 10.5 Å². The Morgan fingerprint density at radius 2 is 1.66 bits per heavy atom. The highest BCUT2D eigenvalue weighted by Crippen LogP contribution is 2.19. The Morgan fingerprint density at radius 1 is 1.00 bits per heavy atom. The van der Waals surface area contributed by atoms with Gasteiger partial charge in [-0.15, -0.1) is 0 Å². The number of hydrogen-bond donors (Lipinski definition) is 3. The van der Waals surface area contributed by atoms with E-state index in [1.165, 1.54) is 0 Å². The maximum Gasteiger partial charge on any atom is 0.312 e. The normalized spacial score (nSPS) is 14.5. The van der Waals surface area contributed by atoms with E-state index in [1.54, 1.807) is 0 Å². The zero-order valence-corrected chi connectivity index (χ0v) is 17.5. The number of primary amides is 1. The number of urea groups is 1. The van der Waals surface area contributed by atoms with Crippen LogP contribution in [0.15, 0.2) is 18.2 Å². The Bertz CT molecular complexity index is 694. The van der Waals surface area contributed by atoms with Crippen molar-refractivity contribution < 1.29 is 14.4 Å². The average Bonchev–Trinajstić information content (AvgIpc) is 2.67. The van der Waals surface area contributed by atoms with Gasteiger partial charge in [-0.3, -0.25) is 14.5 Å². The summed E-state index contributed by atoms with van der Waals surface area (Å²) in [4.78, 5) is 39.3. The molecular formula is C21H33N5O3. The second-order valence-corrected chi connectivity index (χ2v) is 7.57. The molecule has 0 aliphatic carbocycles. The summed E-state index contributed by atoms with van der Waals surface area (Å²) in [6, 6.07) is 5.44. The van der Waals surface area contributed by atoms with Gasteiger partial charge in [-0.25, -0.2) is 4.79 Å². The van der Waals surface area contributed by atoms with E-state index >= 15 is 0 Å². The Hall–Kier alpha value is -2.61. The van der Waals surface area contributed by atoms with Crippen molar-refractivity contribution >= 4 is 23.5 Å². The summed E-state index contributed by atoms with van der Waals surface area (Å²) in [7, 11) is 0. The number of aryl methyl sites for hydroxylation is 2. The topological polar surface area (TPSA) is 108 Å². The number of carbonyl (C=O) groups is 3. The van der Waals surface area contributed by atoms with E-state index in [1.807, 2.05) is 36.9 Å². The van der Waals surface area contributed by atoms with Crippen LogP contribution < -0.4 is 16.4 Å². The van der Waals surface area contributed by atoms with E-state index in [0.29, 0.717) is 45.7 Å². The lowest BCUT2D eigenvalue weighted by Crippen LogP contribution is -2.50. The molecule has 0 spiro atoms. The number of rotatable bonds is 9. The second kappa shape index (κ2) is 11.4. The van der Waals surface area contributed by atoms with Crippen LogP contribution in [0.3, 0.4) is 0 Å². The average molecular weight is 404 g/mol. The van der Waals surface area contributed by atoms with Crippen LogP contribution in [0.5, 0.6) is 0 Å². The summed E-state index contributed by atoms with van der Waals surface area (Å²) in [5, 5.41) is 5.56. The first-order chi connectivity index (χ1) is 13.9. The molecular weight excluding hydrogens is 370 g/mol. The molecule has 0 atom stereocenters. The lowest BCUT2D eigenvalue weighted by atomic mass is 10.1. The highest BCUT2D eigenvalue weighted by molar-refractivity contribution is 5.93. The highest BCUT2D eigenvalue weighted by Gasteiger charge is 2.22. The molecule has 160 valence electrons. The third kappa shape index (κ3) is 7.73. The van der Waals surface area contributed by atoms with E-state index < -0.39 is 6.03 Å². The second-order valence-electron chi connectivity index (χ2n) is 7.57. The van der Waals surface area contributed by atoms with Crippen molar-refractivity contribution in [2.45, 2.75) is 39.5 Å². The Balaban J connectivity index is 1.65. The van der Waals surface area contributed by atoms with Gasteiger partial charge in [0.15, 0.2) is 0 Å². The minimum absolute atomic E-state index is 0.0215. The SMILES string of the molecule is Cc1cccc(C)c1NC(=O)CN1CCN(C(=O)CCCCCNC(N)=O)CC1. The zero-order chi connectivity index (χ0) is 21.2. The third-order valence-electron chi connectivity index (χ3n) is 5.20. The van der Waals surface area contributed by atoms with Gasteiger partial charge in [0.1, 0.15) is 0 Å². The van der Waals surface area contributed by atoms with Gasteiger partial charge >= 0.3 is 6.03 Å². The van der Waals surface area contributed by atoms with Crippen molar-refractivity contribution in [1.29, 1.82) is 0 Å². The minimum Gasteiger partial charge on any atom is -0.352 e. The Kier molecular flexibility index (Phi) is 8.92. The first-order valence-corrected chi connectivity index (χ1v) is 10.3. The number of amides is 4. The molecule has 1 fully saturated rings. The van der Waals surface area contributed by atoms with E-state index in [0.717, 1.165) is 36.1 Å². The number of hydrogen-bond acceptors (Lipinski definition) is 4. The van der Waals surface area contributed by atoms with Crippen LogP contribution in [0, 0.1) is 13.8 Å². The van der Waals surface area contributed by atoms with Crippen molar-refractivity contribution in [2.24, 2.45) is 5.73 Å². The molecule has 1 aromatic rings. The molecule has 1 aliphatic heterocycles. The molecule has 4 amide bonds. The standard InChI is InChI=1S/C21H33N5O3/c1-16-7-6-8-17(2)20(16)24-18(27)15-25-11-13-26(14-12-25)19(28)9-4-3-5-10-23-21(22)29/h6-8H,3-5,9-15H2,1-2H3,(H,24,27)(H3,22,23,29). The largest absolute Gasteiger partial charge is 0.352 e. The molecule has 1 aliphatic rings. The zero-order valence-electron chi connectivity index (χ0n) is 17.5. The van der Waals surface area contributed by atoms with E-state index in [-0.39, 0.29) is 11.8 Å². The van der Waals surface area contributed by atoms with Crippen LogP contribution in [0.25, 0.3) is 0 Å². The molecule has 2 rings (SSSR count). The van der Waals surface area contributed by atoms with Gasteiger partial charge in [-0.1, -0.05) is 24.6 Å². The van der Waals surface area contributed by atoms with Crippen LogP contribution in [-0.2, 0) is 9.59 Å². The molecule has 8 heteroatoms. The number of anilines is 1. The van der Waals surface area contributed by atoms with Crippen molar-refractivity contribution in [3.05, 3.63) is 29.3 Å². The van der Waals surface area contributed by atoms with Gasteiger partial charge in [0.05, 0.1) is 6.54 Å². The van der Waals surface area contributed by atoms with Gasteiger partial charge < -0.3 is 21.3 Å². The number of benzene rings is 1. The maximum absolute atomic E-state index is 12.4. The number of nitrogens with two attached hydrogens (primary N) is 1. The maximum atomic E-state index is 12.4. The molecule has 1 aromatic carbocycles. The number of unbranched alkanes of at least 4 members (excludes halogenated alkanes) is 2. The predicted octanol–water partition coefficient (Wildman–Crippen LogP) is 1.61. The van der Waals surface area contributed by atoms with Gasteiger partial charge in [0.2, 0.25) is 11.8 Å². The van der Waals surface area contributed by atoms with Crippen LogP contribution in [0.1, 0.15) is 36.8 Å². The minimum atomic E-state index is -0.512. The lowest BCUT2D eigenvalue weighted by Gasteiger charge is -2.34. The van der Waals surface area contributed by atoms with Crippen molar-refractivity contribution in [3.63, 3.8) is 0 Å². The number of piperazine rings is 1. The van der Waals surface area contributed by atoms with Gasteiger partial charge in [-0.05, 0) is 37.8 Å². The number of nitrogens with one attached hydrogen (secondary N) is 2. The van der Waals surface area contributed by atoms with E-state index in [9.17, 15) is 14.4 Å². The summed E-state index contributed by atoms with van der Waals surface area (Å²) < 4.78 is 0. The van der Waals surface area contributed by atoms with Crippen LogP contribution in [-0.4, -0.2) is 66.9 Å². The third-order valence-corrected chi connectivity index (χ3v) is 5.20. The molecule has 8 nitrogen and oxygen atoms in total. The monoisotopic (exact) mass is 403 g/mol. The van der Waals surface area contributed by atoms with E-state index in [4.69, 9.17) is 5.73 Å². The first kappa shape index (κ1) is 22.7. The first-order valence-electron chi connectivity index (χ1n) is 10.3. The fourth-order valence-electron chi connectivity index (χ4n) is 3.50. The smallest absolute Gasteiger partial charge is 0.312 e. The predicted molar refractivity (Wildman–Crippen MR) is 114 cm³/mol. The molecule has 0 radical (unpaired) electrons.